The SMILES string of the molecule is CCOc1cc(CN(c2nc3cc(OCCCC(=O)O)ccc3o2)C2CCNCC2)cc(OCC)c1F. The number of ether oxygens (including phenoxy) is 3. The van der Waals surface area contributed by atoms with Gasteiger partial charge in [-0.2, -0.15) is 9.37 Å². The van der Waals surface area contributed by atoms with Crippen LogP contribution in [0.4, 0.5) is 10.4 Å². The minimum Gasteiger partial charge on any atom is -0.493 e. The fourth-order valence-corrected chi connectivity index (χ4v) is 4.43. The van der Waals surface area contributed by atoms with E-state index < -0.39 is 11.8 Å². The molecule has 0 saturated carbocycles. The standard InChI is InChI=1S/C27H34FN3O6/c1-3-34-23-14-18(15-24(26(23)28)35-4-2)17-31(19-9-11-29-12-10-19)27-30-21-16-20(7-8-22(21)37-27)36-13-5-6-25(32)33/h7-8,14-16,19,29H,3-6,9-13,17H2,1-2H3,(H,32,33). The minimum atomic E-state index is -0.846. The van der Waals surface area contributed by atoms with E-state index in [-0.39, 0.29) is 24.0 Å². The van der Waals surface area contributed by atoms with E-state index in [2.05, 4.69) is 10.2 Å². The number of oxazole rings is 1. The largest absolute Gasteiger partial charge is 0.493 e. The third kappa shape index (κ3) is 6.82. The van der Waals surface area contributed by atoms with Crippen molar-refractivity contribution < 1.29 is 32.9 Å². The molecular weight excluding hydrogens is 481 g/mol. The summed E-state index contributed by atoms with van der Waals surface area (Å²) in [4.78, 5) is 17.6. The van der Waals surface area contributed by atoms with E-state index in [9.17, 15) is 9.18 Å². The number of rotatable bonds is 13. The van der Waals surface area contributed by atoms with Gasteiger partial charge < -0.3 is 34.0 Å². The quantitative estimate of drug-likeness (QED) is 0.312. The van der Waals surface area contributed by atoms with Gasteiger partial charge in [0.15, 0.2) is 17.1 Å². The molecule has 1 aromatic heterocycles. The van der Waals surface area contributed by atoms with E-state index in [1.165, 1.54) is 0 Å². The monoisotopic (exact) mass is 515 g/mol. The molecule has 1 saturated heterocycles. The summed E-state index contributed by atoms with van der Waals surface area (Å²) in [6.07, 6.45) is 2.30. The van der Waals surface area contributed by atoms with Crippen LogP contribution in [-0.2, 0) is 11.3 Å². The number of carbonyl (C=O) groups is 1. The van der Waals surface area contributed by atoms with E-state index in [4.69, 9.17) is 28.7 Å². The second-order valence-corrected chi connectivity index (χ2v) is 8.85. The lowest BCUT2D eigenvalue weighted by Crippen LogP contribution is -2.43. The highest BCUT2D eigenvalue weighted by Gasteiger charge is 2.27. The van der Waals surface area contributed by atoms with Crippen molar-refractivity contribution in [2.24, 2.45) is 0 Å². The van der Waals surface area contributed by atoms with Gasteiger partial charge in [0.25, 0.3) is 6.01 Å². The molecule has 10 heteroatoms. The Bertz CT molecular complexity index is 1170. The van der Waals surface area contributed by atoms with E-state index in [1.807, 2.05) is 13.8 Å². The first-order chi connectivity index (χ1) is 18.0. The van der Waals surface area contributed by atoms with E-state index in [0.717, 1.165) is 31.5 Å². The van der Waals surface area contributed by atoms with Gasteiger partial charge in [-0.1, -0.05) is 0 Å². The van der Waals surface area contributed by atoms with Gasteiger partial charge in [-0.3, -0.25) is 4.79 Å². The van der Waals surface area contributed by atoms with E-state index >= 15 is 0 Å². The average molecular weight is 516 g/mol. The van der Waals surface area contributed by atoms with Gasteiger partial charge in [-0.25, -0.2) is 0 Å². The predicted octanol–water partition coefficient (Wildman–Crippen LogP) is 4.77. The van der Waals surface area contributed by atoms with Crippen molar-refractivity contribution in [1.82, 2.24) is 10.3 Å². The van der Waals surface area contributed by atoms with Crippen LogP contribution in [0.15, 0.2) is 34.7 Å². The molecule has 37 heavy (non-hydrogen) atoms. The summed E-state index contributed by atoms with van der Waals surface area (Å²) in [5.41, 5.74) is 2.10. The van der Waals surface area contributed by atoms with Gasteiger partial charge in [0, 0.05) is 25.1 Å². The van der Waals surface area contributed by atoms with Crippen LogP contribution in [0.25, 0.3) is 11.1 Å². The maximum atomic E-state index is 14.8. The zero-order valence-electron chi connectivity index (χ0n) is 21.3. The Morgan fingerprint density at radius 1 is 1.14 bits per heavy atom. The molecule has 0 radical (unpaired) electrons. The third-order valence-corrected chi connectivity index (χ3v) is 6.16. The Labute approximate surface area is 215 Å². The number of piperidine rings is 1. The first-order valence-electron chi connectivity index (χ1n) is 12.8. The third-order valence-electron chi connectivity index (χ3n) is 6.16. The zero-order valence-corrected chi connectivity index (χ0v) is 21.3. The van der Waals surface area contributed by atoms with Gasteiger partial charge in [0.1, 0.15) is 11.3 Å². The van der Waals surface area contributed by atoms with Crippen molar-refractivity contribution in [3.63, 3.8) is 0 Å². The molecule has 0 bridgehead atoms. The normalized spacial score (nSPS) is 14.0. The smallest absolute Gasteiger partial charge is 0.303 e. The number of hydrogen-bond donors (Lipinski definition) is 2. The number of nitrogens with one attached hydrogen (secondary N) is 1. The summed E-state index contributed by atoms with van der Waals surface area (Å²) in [6, 6.07) is 9.46. The Morgan fingerprint density at radius 2 is 1.84 bits per heavy atom. The second kappa shape index (κ2) is 12.6. The number of hydrogen-bond acceptors (Lipinski definition) is 8. The number of nitrogens with zero attached hydrogens (tertiary/aromatic N) is 2. The summed E-state index contributed by atoms with van der Waals surface area (Å²) >= 11 is 0. The summed E-state index contributed by atoms with van der Waals surface area (Å²) in [5.74, 6) is -0.418. The molecule has 0 atom stereocenters. The number of aliphatic carboxylic acids is 1. The molecule has 0 unspecified atom stereocenters. The molecule has 3 aromatic rings. The topological polar surface area (TPSA) is 106 Å². The van der Waals surface area contributed by atoms with Crippen LogP contribution in [0.1, 0.15) is 45.1 Å². The van der Waals surface area contributed by atoms with Gasteiger partial charge >= 0.3 is 5.97 Å². The summed E-state index contributed by atoms with van der Waals surface area (Å²) in [6.45, 7) is 6.83. The van der Waals surface area contributed by atoms with Crippen LogP contribution in [0.2, 0.25) is 0 Å². The Morgan fingerprint density at radius 3 is 2.49 bits per heavy atom. The van der Waals surface area contributed by atoms with Crippen LogP contribution in [-0.4, -0.2) is 55.0 Å². The van der Waals surface area contributed by atoms with E-state index in [0.29, 0.717) is 55.7 Å². The van der Waals surface area contributed by atoms with Gasteiger partial charge in [-0.15, -0.1) is 0 Å². The summed E-state index contributed by atoms with van der Waals surface area (Å²) in [5, 5.41) is 12.2. The first kappa shape index (κ1) is 26.5. The van der Waals surface area contributed by atoms with Crippen LogP contribution >= 0.6 is 0 Å². The molecule has 1 aliphatic heterocycles. The van der Waals surface area contributed by atoms with Crippen molar-refractivity contribution in [2.45, 2.75) is 52.1 Å². The fourth-order valence-electron chi connectivity index (χ4n) is 4.43. The number of anilines is 1. The molecular formula is C27H34FN3O6. The number of carboxylic acids is 1. The van der Waals surface area contributed by atoms with Crippen molar-refractivity contribution in [2.75, 3.05) is 37.8 Å². The lowest BCUT2D eigenvalue weighted by Gasteiger charge is -2.33. The number of fused-ring (bicyclic) bond motifs is 1. The average Bonchev–Trinajstić information content (AvgIpc) is 3.31. The second-order valence-electron chi connectivity index (χ2n) is 8.85. The number of halogens is 1. The molecule has 2 N–H and O–H groups in total. The molecule has 0 amide bonds. The van der Waals surface area contributed by atoms with Crippen molar-refractivity contribution in [1.29, 1.82) is 0 Å². The summed E-state index contributed by atoms with van der Waals surface area (Å²) < 4.78 is 37.8. The minimum absolute atomic E-state index is 0.0565. The molecule has 200 valence electrons. The zero-order chi connectivity index (χ0) is 26.2. The van der Waals surface area contributed by atoms with Gasteiger partial charge in [0.2, 0.25) is 5.82 Å². The molecule has 0 aliphatic carbocycles. The molecule has 1 fully saturated rings. The maximum absolute atomic E-state index is 14.8. The highest BCUT2D eigenvalue weighted by Crippen LogP contribution is 2.33. The van der Waals surface area contributed by atoms with E-state index in [1.54, 1.807) is 30.3 Å². The molecule has 9 nitrogen and oxygen atoms in total. The Kier molecular flexibility index (Phi) is 9.05. The first-order valence-corrected chi connectivity index (χ1v) is 12.8. The highest BCUT2D eigenvalue weighted by molar-refractivity contribution is 5.76. The maximum Gasteiger partial charge on any atom is 0.303 e. The van der Waals surface area contributed by atoms with Gasteiger partial charge in [0.05, 0.1) is 19.8 Å². The lowest BCUT2D eigenvalue weighted by atomic mass is 10.0. The highest BCUT2D eigenvalue weighted by atomic mass is 19.1. The molecule has 2 aromatic carbocycles. The number of aromatic nitrogens is 1. The Hall–Kier alpha value is -3.53. The molecule has 1 aliphatic rings. The van der Waals surface area contributed by atoms with Crippen LogP contribution < -0.4 is 24.4 Å². The molecule has 0 spiro atoms. The van der Waals surface area contributed by atoms with Crippen LogP contribution in [0.5, 0.6) is 17.2 Å². The fraction of sp³-hybridized carbons (Fsp3) is 0.481. The van der Waals surface area contributed by atoms with Crippen LogP contribution in [0.3, 0.4) is 0 Å². The van der Waals surface area contributed by atoms with Crippen molar-refractivity contribution in [3.05, 3.63) is 41.7 Å². The number of carboxylic acid groups (broad SMARTS) is 1. The summed E-state index contributed by atoms with van der Waals surface area (Å²) in [7, 11) is 0. The molecule has 4 rings (SSSR count). The lowest BCUT2D eigenvalue weighted by molar-refractivity contribution is -0.137. The van der Waals surface area contributed by atoms with Crippen molar-refractivity contribution in [3.8, 4) is 17.2 Å². The predicted molar refractivity (Wildman–Crippen MR) is 137 cm³/mol. The van der Waals surface area contributed by atoms with Crippen molar-refractivity contribution >= 4 is 23.1 Å². The Balaban J connectivity index is 1.61. The number of benzene rings is 2. The molecule has 2 heterocycles. The van der Waals surface area contributed by atoms with Gasteiger partial charge in [-0.05, 0) is 76.0 Å². The van der Waals surface area contributed by atoms with Crippen LogP contribution in [0, 0.1) is 5.82 Å².